The van der Waals surface area contributed by atoms with Gasteiger partial charge in [0.1, 0.15) is 17.1 Å². The van der Waals surface area contributed by atoms with Crippen LogP contribution in [0.4, 0.5) is 0 Å². The fraction of sp³-hybridized carbons (Fsp3) is 0.316. The summed E-state index contributed by atoms with van der Waals surface area (Å²) in [6, 6.07) is 11.7. The predicted octanol–water partition coefficient (Wildman–Crippen LogP) is 1.97. The Morgan fingerprint density at radius 1 is 0.963 bits per heavy atom. The summed E-state index contributed by atoms with van der Waals surface area (Å²) < 4.78 is 37.4. The summed E-state index contributed by atoms with van der Waals surface area (Å²) in [6.45, 7) is 2.18. The molecule has 0 saturated carbocycles. The van der Waals surface area contributed by atoms with Gasteiger partial charge >= 0.3 is 0 Å². The maximum atomic E-state index is 12.4. The number of aryl methyl sites for hydroxylation is 1. The normalized spacial score (nSPS) is 11.1. The predicted molar refractivity (Wildman–Crippen MR) is 103 cm³/mol. The summed E-state index contributed by atoms with van der Waals surface area (Å²) >= 11 is 0. The third-order valence-corrected chi connectivity index (χ3v) is 5.48. The van der Waals surface area contributed by atoms with E-state index in [2.05, 4.69) is 10.0 Å². The summed E-state index contributed by atoms with van der Waals surface area (Å²) in [5.41, 5.74) is 1.33. The minimum Gasteiger partial charge on any atom is -0.496 e. The van der Waals surface area contributed by atoms with Gasteiger partial charge in [-0.15, -0.1) is 0 Å². The van der Waals surface area contributed by atoms with Gasteiger partial charge in [0.2, 0.25) is 10.0 Å². The van der Waals surface area contributed by atoms with Crippen molar-refractivity contribution >= 4 is 15.9 Å². The van der Waals surface area contributed by atoms with E-state index in [-0.39, 0.29) is 23.5 Å². The molecule has 0 radical (unpaired) electrons. The summed E-state index contributed by atoms with van der Waals surface area (Å²) in [4.78, 5) is 12.6. The molecule has 0 saturated heterocycles. The fourth-order valence-electron chi connectivity index (χ4n) is 2.51. The Morgan fingerprint density at radius 3 is 2.07 bits per heavy atom. The van der Waals surface area contributed by atoms with Crippen LogP contribution in [0, 0.1) is 0 Å². The molecule has 7 nitrogen and oxygen atoms in total. The molecule has 0 aliphatic carbocycles. The number of benzene rings is 2. The highest BCUT2D eigenvalue weighted by Gasteiger charge is 2.18. The second-order valence-corrected chi connectivity index (χ2v) is 7.46. The van der Waals surface area contributed by atoms with Gasteiger partial charge in [-0.25, -0.2) is 13.1 Å². The Hall–Kier alpha value is -2.58. The molecule has 0 spiro atoms. The van der Waals surface area contributed by atoms with E-state index in [9.17, 15) is 13.2 Å². The summed E-state index contributed by atoms with van der Waals surface area (Å²) in [5.74, 6) is 0.350. The first kappa shape index (κ1) is 20.7. The first-order chi connectivity index (χ1) is 12.9. The minimum absolute atomic E-state index is 0.0566. The molecular formula is C19H24N2O5S. The molecule has 146 valence electrons. The Morgan fingerprint density at radius 2 is 1.56 bits per heavy atom. The third-order valence-electron chi connectivity index (χ3n) is 4.00. The molecule has 0 heterocycles. The lowest BCUT2D eigenvalue weighted by Crippen LogP contribution is -2.35. The molecule has 0 aliphatic rings. The highest BCUT2D eigenvalue weighted by atomic mass is 32.2. The lowest BCUT2D eigenvalue weighted by molar-refractivity contribution is 0.0948. The van der Waals surface area contributed by atoms with Crippen molar-refractivity contribution in [2.45, 2.75) is 18.2 Å². The molecule has 2 aromatic rings. The van der Waals surface area contributed by atoms with E-state index in [0.717, 1.165) is 12.0 Å². The zero-order valence-corrected chi connectivity index (χ0v) is 16.4. The van der Waals surface area contributed by atoms with Crippen LogP contribution in [0.2, 0.25) is 0 Å². The van der Waals surface area contributed by atoms with Crippen molar-refractivity contribution < 1.29 is 22.7 Å². The van der Waals surface area contributed by atoms with Gasteiger partial charge in [0, 0.05) is 13.1 Å². The number of hydrogen-bond donors (Lipinski definition) is 2. The van der Waals surface area contributed by atoms with Crippen molar-refractivity contribution in [1.29, 1.82) is 0 Å². The largest absolute Gasteiger partial charge is 0.496 e. The van der Waals surface area contributed by atoms with Gasteiger partial charge in [-0.1, -0.05) is 25.1 Å². The number of ether oxygens (including phenoxy) is 2. The maximum Gasteiger partial charge on any atom is 0.258 e. The number of hydrogen-bond acceptors (Lipinski definition) is 5. The average Bonchev–Trinajstić information content (AvgIpc) is 2.70. The number of carbonyl (C=O) groups excluding carboxylic acids is 1. The van der Waals surface area contributed by atoms with E-state index in [1.165, 1.54) is 14.2 Å². The molecule has 2 rings (SSSR count). The molecule has 2 N–H and O–H groups in total. The Kier molecular flexibility index (Phi) is 7.20. The molecule has 0 unspecified atom stereocenters. The summed E-state index contributed by atoms with van der Waals surface area (Å²) in [7, 11) is -0.701. The van der Waals surface area contributed by atoms with E-state index in [0.29, 0.717) is 11.5 Å². The monoisotopic (exact) mass is 392 g/mol. The number of carbonyl (C=O) groups is 1. The molecule has 0 bridgehead atoms. The lowest BCUT2D eigenvalue weighted by Gasteiger charge is -2.13. The van der Waals surface area contributed by atoms with Crippen LogP contribution in [0.5, 0.6) is 11.5 Å². The standard InChI is InChI=1S/C19H24N2O5S/c1-4-14-8-10-15(11-9-14)27(23,24)21-13-12-20-19(22)18-16(25-2)6-5-7-17(18)26-3/h5-11,21H,4,12-13H2,1-3H3,(H,20,22). The molecule has 1 amide bonds. The second-order valence-electron chi connectivity index (χ2n) is 5.69. The van der Waals surface area contributed by atoms with Crippen molar-refractivity contribution in [2.24, 2.45) is 0 Å². The van der Waals surface area contributed by atoms with Crippen molar-refractivity contribution in [3.8, 4) is 11.5 Å². The Balaban J connectivity index is 1.95. The number of amides is 1. The second kappa shape index (κ2) is 9.38. The zero-order valence-electron chi connectivity index (χ0n) is 15.6. The number of rotatable bonds is 9. The topological polar surface area (TPSA) is 93.7 Å². The van der Waals surface area contributed by atoms with Gasteiger partial charge in [0.15, 0.2) is 0 Å². The molecule has 8 heteroatoms. The van der Waals surface area contributed by atoms with Gasteiger partial charge in [-0.2, -0.15) is 0 Å². The highest BCUT2D eigenvalue weighted by molar-refractivity contribution is 7.89. The molecule has 27 heavy (non-hydrogen) atoms. The van der Waals surface area contributed by atoms with Crippen molar-refractivity contribution in [3.63, 3.8) is 0 Å². The van der Waals surface area contributed by atoms with Gasteiger partial charge in [-0.05, 0) is 36.2 Å². The number of nitrogens with one attached hydrogen (secondary N) is 2. The van der Waals surface area contributed by atoms with Crippen LogP contribution in [-0.2, 0) is 16.4 Å². The van der Waals surface area contributed by atoms with Gasteiger partial charge in [0.05, 0.1) is 19.1 Å². The average molecular weight is 392 g/mol. The Bertz CT molecular complexity index is 857. The van der Waals surface area contributed by atoms with Crippen molar-refractivity contribution in [1.82, 2.24) is 10.0 Å². The van der Waals surface area contributed by atoms with Crippen LogP contribution in [0.3, 0.4) is 0 Å². The smallest absolute Gasteiger partial charge is 0.258 e. The third kappa shape index (κ3) is 5.21. The SMILES string of the molecule is CCc1ccc(S(=O)(=O)NCCNC(=O)c2c(OC)cccc2OC)cc1. The van der Waals surface area contributed by atoms with Crippen LogP contribution in [0.25, 0.3) is 0 Å². The maximum absolute atomic E-state index is 12.4. The van der Waals surface area contributed by atoms with Gasteiger partial charge in [0.25, 0.3) is 5.91 Å². The zero-order chi connectivity index (χ0) is 19.9. The highest BCUT2D eigenvalue weighted by Crippen LogP contribution is 2.27. The lowest BCUT2D eigenvalue weighted by atomic mass is 10.1. The van der Waals surface area contributed by atoms with Crippen LogP contribution in [0.15, 0.2) is 47.4 Å². The fourth-order valence-corrected chi connectivity index (χ4v) is 3.54. The number of sulfonamides is 1. The van der Waals surface area contributed by atoms with Gasteiger partial charge in [-0.3, -0.25) is 4.79 Å². The van der Waals surface area contributed by atoms with Crippen LogP contribution in [-0.4, -0.2) is 41.6 Å². The van der Waals surface area contributed by atoms with E-state index >= 15 is 0 Å². The Labute approximate surface area is 159 Å². The van der Waals surface area contributed by atoms with Gasteiger partial charge < -0.3 is 14.8 Å². The quantitative estimate of drug-likeness (QED) is 0.637. The van der Waals surface area contributed by atoms with Crippen molar-refractivity contribution in [3.05, 3.63) is 53.6 Å². The molecule has 0 fully saturated rings. The summed E-state index contributed by atoms with van der Waals surface area (Å²) in [6.07, 6.45) is 0.839. The van der Waals surface area contributed by atoms with E-state index < -0.39 is 15.9 Å². The molecule has 2 aromatic carbocycles. The number of methoxy groups -OCH3 is 2. The van der Waals surface area contributed by atoms with Crippen LogP contribution >= 0.6 is 0 Å². The van der Waals surface area contributed by atoms with Crippen LogP contribution < -0.4 is 19.5 Å². The van der Waals surface area contributed by atoms with E-state index in [4.69, 9.17) is 9.47 Å². The molecular weight excluding hydrogens is 368 g/mol. The van der Waals surface area contributed by atoms with E-state index in [1.54, 1.807) is 42.5 Å². The van der Waals surface area contributed by atoms with E-state index in [1.807, 2.05) is 6.92 Å². The molecule has 0 atom stereocenters. The molecule has 0 aliphatic heterocycles. The first-order valence-corrected chi connectivity index (χ1v) is 9.99. The molecule has 0 aromatic heterocycles. The van der Waals surface area contributed by atoms with Crippen molar-refractivity contribution in [2.75, 3.05) is 27.3 Å². The minimum atomic E-state index is -3.62. The summed E-state index contributed by atoms with van der Waals surface area (Å²) in [5, 5.41) is 2.66. The van der Waals surface area contributed by atoms with Crippen LogP contribution in [0.1, 0.15) is 22.8 Å². The first-order valence-electron chi connectivity index (χ1n) is 8.50.